The van der Waals surface area contributed by atoms with E-state index in [0.29, 0.717) is 11.4 Å². The first-order chi connectivity index (χ1) is 10.6. The molecule has 0 aliphatic carbocycles. The first-order valence-corrected chi connectivity index (χ1v) is 6.19. The lowest BCUT2D eigenvalue weighted by atomic mass is 10.2. The van der Waals surface area contributed by atoms with Crippen LogP contribution in [0.4, 0.5) is 17.1 Å². The van der Waals surface area contributed by atoms with Crippen LogP contribution in [0.5, 0.6) is 5.75 Å². The second-order valence-electron chi connectivity index (χ2n) is 4.07. The SMILES string of the molecule is C=CC(=O)Oc1cc(N=Nc2ccccc2)ccc1[N+](=O)[O-]. The molecule has 0 saturated heterocycles. The first kappa shape index (κ1) is 15.0. The molecule has 2 rings (SSSR count). The molecule has 0 fully saturated rings. The Morgan fingerprint density at radius 2 is 1.82 bits per heavy atom. The van der Waals surface area contributed by atoms with Crippen LogP contribution in [-0.2, 0) is 4.79 Å². The van der Waals surface area contributed by atoms with Crippen LogP contribution >= 0.6 is 0 Å². The average molecular weight is 297 g/mol. The number of nitrogens with zero attached hydrogens (tertiary/aromatic N) is 3. The highest BCUT2D eigenvalue weighted by Crippen LogP contribution is 2.32. The van der Waals surface area contributed by atoms with Gasteiger partial charge in [-0.2, -0.15) is 10.2 Å². The predicted octanol–water partition coefficient (Wildman–Crippen LogP) is 4.10. The largest absolute Gasteiger partial charge is 0.416 e. The van der Waals surface area contributed by atoms with E-state index in [1.165, 1.54) is 18.2 Å². The number of hydrogen-bond acceptors (Lipinski definition) is 6. The highest BCUT2D eigenvalue weighted by molar-refractivity contribution is 5.84. The van der Waals surface area contributed by atoms with E-state index in [1.54, 1.807) is 12.1 Å². The van der Waals surface area contributed by atoms with Crippen LogP contribution in [0.25, 0.3) is 0 Å². The van der Waals surface area contributed by atoms with Crippen LogP contribution in [0.3, 0.4) is 0 Å². The average Bonchev–Trinajstić information content (AvgIpc) is 2.53. The molecule has 0 N–H and O–H groups in total. The molecule has 110 valence electrons. The number of azo groups is 1. The maximum Gasteiger partial charge on any atom is 0.335 e. The van der Waals surface area contributed by atoms with E-state index >= 15 is 0 Å². The van der Waals surface area contributed by atoms with Crippen LogP contribution in [0, 0.1) is 10.1 Å². The van der Waals surface area contributed by atoms with Crippen molar-refractivity contribution < 1.29 is 14.5 Å². The molecule has 0 aromatic heterocycles. The number of nitro groups is 1. The maximum atomic E-state index is 11.2. The van der Waals surface area contributed by atoms with Crippen molar-refractivity contribution in [2.75, 3.05) is 0 Å². The van der Waals surface area contributed by atoms with Gasteiger partial charge in [0.25, 0.3) is 0 Å². The van der Waals surface area contributed by atoms with E-state index in [9.17, 15) is 14.9 Å². The fraction of sp³-hybridized carbons (Fsp3) is 0. The molecule has 0 atom stereocenters. The molecule has 0 aliphatic heterocycles. The van der Waals surface area contributed by atoms with Crippen molar-refractivity contribution in [1.29, 1.82) is 0 Å². The van der Waals surface area contributed by atoms with E-state index in [2.05, 4.69) is 16.8 Å². The molecule has 0 saturated carbocycles. The number of hydrogen-bond donors (Lipinski definition) is 0. The molecule has 0 aliphatic rings. The van der Waals surface area contributed by atoms with Gasteiger partial charge in [-0.1, -0.05) is 24.8 Å². The van der Waals surface area contributed by atoms with Crippen molar-refractivity contribution in [2.45, 2.75) is 0 Å². The first-order valence-electron chi connectivity index (χ1n) is 6.19. The second-order valence-corrected chi connectivity index (χ2v) is 4.07. The summed E-state index contributed by atoms with van der Waals surface area (Å²) >= 11 is 0. The fourth-order valence-corrected chi connectivity index (χ4v) is 1.56. The Morgan fingerprint density at radius 1 is 1.14 bits per heavy atom. The predicted molar refractivity (Wildman–Crippen MR) is 79.5 cm³/mol. The van der Waals surface area contributed by atoms with E-state index in [4.69, 9.17) is 4.74 Å². The molecule has 22 heavy (non-hydrogen) atoms. The number of carbonyl (C=O) groups excluding carboxylic acids is 1. The van der Waals surface area contributed by atoms with Gasteiger partial charge in [0.1, 0.15) is 0 Å². The summed E-state index contributed by atoms with van der Waals surface area (Å²) in [5.41, 5.74) is 0.612. The Balaban J connectivity index is 2.31. The number of ether oxygens (including phenoxy) is 1. The lowest BCUT2D eigenvalue weighted by molar-refractivity contribution is -0.385. The van der Waals surface area contributed by atoms with Crippen LogP contribution in [0.2, 0.25) is 0 Å². The molecule has 0 amide bonds. The Hall–Kier alpha value is -3.35. The molecule has 2 aromatic rings. The molecule has 7 heteroatoms. The zero-order valence-electron chi connectivity index (χ0n) is 11.4. The van der Waals surface area contributed by atoms with Gasteiger partial charge in [-0.25, -0.2) is 4.79 Å². The molecule has 0 spiro atoms. The fourth-order valence-electron chi connectivity index (χ4n) is 1.56. The van der Waals surface area contributed by atoms with Crippen molar-refractivity contribution in [3.63, 3.8) is 0 Å². The van der Waals surface area contributed by atoms with Crippen molar-refractivity contribution in [3.8, 4) is 5.75 Å². The van der Waals surface area contributed by atoms with Gasteiger partial charge in [-0.05, 0) is 18.2 Å². The third-order valence-corrected chi connectivity index (χ3v) is 2.55. The van der Waals surface area contributed by atoms with Gasteiger partial charge in [0.05, 0.1) is 16.3 Å². The Bertz CT molecular complexity index is 742. The number of nitro benzene ring substituents is 1. The Kier molecular flexibility index (Phi) is 4.71. The molecule has 0 radical (unpaired) electrons. The highest BCUT2D eigenvalue weighted by atomic mass is 16.6. The molecule has 7 nitrogen and oxygen atoms in total. The van der Waals surface area contributed by atoms with Gasteiger partial charge >= 0.3 is 11.7 Å². The zero-order chi connectivity index (χ0) is 15.9. The normalized spacial score (nSPS) is 10.4. The van der Waals surface area contributed by atoms with Gasteiger partial charge in [0, 0.05) is 18.2 Å². The summed E-state index contributed by atoms with van der Waals surface area (Å²) in [7, 11) is 0. The minimum absolute atomic E-state index is 0.209. The standard InChI is InChI=1S/C15H11N3O4/c1-2-15(19)22-14-10-12(8-9-13(14)18(20)21)17-16-11-6-4-3-5-7-11/h2-10H,1H2. The summed E-state index contributed by atoms with van der Waals surface area (Å²) in [5, 5.41) is 18.9. The number of carbonyl (C=O) groups is 1. The Morgan fingerprint density at radius 3 is 2.45 bits per heavy atom. The van der Waals surface area contributed by atoms with Crippen LogP contribution < -0.4 is 4.74 Å². The molecule has 0 heterocycles. The topological polar surface area (TPSA) is 94.2 Å². The molecule has 0 bridgehead atoms. The summed E-state index contributed by atoms with van der Waals surface area (Å²) in [6.45, 7) is 3.24. The van der Waals surface area contributed by atoms with Gasteiger partial charge in [0.2, 0.25) is 5.75 Å². The Labute approximate surface area is 125 Å². The molecule has 2 aromatic carbocycles. The van der Waals surface area contributed by atoms with E-state index in [0.717, 1.165) is 6.08 Å². The van der Waals surface area contributed by atoms with E-state index in [-0.39, 0.29) is 11.4 Å². The van der Waals surface area contributed by atoms with Crippen molar-refractivity contribution in [2.24, 2.45) is 10.2 Å². The van der Waals surface area contributed by atoms with Crippen LogP contribution in [-0.4, -0.2) is 10.9 Å². The zero-order valence-corrected chi connectivity index (χ0v) is 11.4. The van der Waals surface area contributed by atoms with E-state index in [1.807, 2.05) is 18.2 Å². The summed E-state index contributed by atoms with van der Waals surface area (Å²) in [6.07, 6.45) is 0.919. The third kappa shape index (κ3) is 3.83. The lowest BCUT2D eigenvalue weighted by Gasteiger charge is -2.03. The lowest BCUT2D eigenvalue weighted by Crippen LogP contribution is -2.05. The summed E-state index contributed by atoms with van der Waals surface area (Å²) in [4.78, 5) is 21.5. The van der Waals surface area contributed by atoms with Crippen LogP contribution in [0.15, 0.2) is 71.4 Å². The quantitative estimate of drug-likeness (QED) is 0.207. The maximum absolute atomic E-state index is 11.2. The van der Waals surface area contributed by atoms with Gasteiger partial charge in [0.15, 0.2) is 0 Å². The van der Waals surface area contributed by atoms with Gasteiger partial charge in [-0.15, -0.1) is 0 Å². The van der Waals surface area contributed by atoms with Crippen molar-refractivity contribution in [3.05, 3.63) is 71.3 Å². The summed E-state index contributed by atoms with van der Waals surface area (Å²) in [5.74, 6) is -1.00. The summed E-state index contributed by atoms with van der Waals surface area (Å²) < 4.78 is 4.85. The molecular weight excluding hydrogens is 286 g/mol. The summed E-state index contributed by atoms with van der Waals surface area (Å²) in [6, 6.07) is 12.9. The monoisotopic (exact) mass is 297 g/mol. The highest BCUT2D eigenvalue weighted by Gasteiger charge is 2.17. The van der Waals surface area contributed by atoms with Gasteiger partial charge < -0.3 is 4.74 Å². The number of benzene rings is 2. The van der Waals surface area contributed by atoms with Crippen molar-refractivity contribution >= 4 is 23.0 Å². The minimum Gasteiger partial charge on any atom is -0.416 e. The smallest absolute Gasteiger partial charge is 0.335 e. The van der Waals surface area contributed by atoms with Crippen molar-refractivity contribution in [1.82, 2.24) is 0 Å². The molecular formula is C15H11N3O4. The third-order valence-electron chi connectivity index (χ3n) is 2.55. The molecule has 0 unspecified atom stereocenters. The minimum atomic E-state index is -0.791. The second kappa shape index (κ2) is 6.89. The van der Waals surface area contributed by atoms with E-state index < -0.39 is 10.9 Å². The van der Waals surface area contributed by atoms with Gasteiger partial charge in [-0.3, -0.25) is 10.1 Å². The number of rotatable bonds is 5. The van der Waals surface area contributed by atoms with Crippen LogP contribution in [0.1, 0.15) is 0 Å². The number of esters is 1.